The minimum absolute atomic E-state index is 0.121. The van der Waals surface area contributed by atoms with Crippen molar-refractivity contribution in [3.63, 3.8) is 0 Å². The molecule has 0 aliphatic heterocycles. The molecule has 4 nitrogen and oxygen atoms in total. The van der Waals surface area contributed by atoms with Crippen LogP contribution in [0.15, 0.2) is 60.7 Å². The number of ether oxygens (including phenoxy) is 1. The quantitative estimate of drug-likeness (QED) is 0.620. The average Bonchev–Trinajstić information content (AvgIpc) is 2.63. The number of benzene rings is 2. The second kappa shape index (κ2) is 8.79. The highest BCUT2D eigenvalue weighted by Gasteiger charge is 2.21. The van der Waals surface area contributed by atoms with Crippen LogP contribution in [-0.4, -0.2) is 42.1 Å². The first-order chi connectivity index (χ1) is 11.2. The molecule has 0 fully saturated rings. The Kier molecular flexibility index (Phi) is 6.74. The molecule has 2 aromatic rings. The summed E-state index contributed by atoms with van der Waals surface area (Å²) in [6.07, 6.45) is -0.131. The highest BCUT2D eigenvalue weighted by Crippen LogP contribution is 2.25. The van der Waals surface area contributed by atoms with E-state index in [2.05, 4.69) is 29.6 Å². The first kappa shape index (κ1) is 17.6. The van der Waals surface area contributed by atoms with E-state index in [1.54, 1.807) is 6.92 Å². The minimum Gasteiger partial charge on any atom is -0.394 e. The Bertz CT molecular complexity index is 516. The summed E-state index contributed by atoms with van der Waals surface area (Å²) in [5.41, 5.74) is 1.52. The van der Waals surface area contributed by atoms with Gasteiger partial charge in [0, 0.05) is 6.54 Å². The van der Waals surface area contributed by atoms with E-state index in [0.29, 0.717) is 13.2 Å². The van der Waals surface area contributed by atoms with Gasteiger partial charge in [-0.1, -0.05) is 60.7 Å². The van der Waals surface area contributed by atoms with Crippen molar-refractivity contribution in [1.82, 2.24) is 5.32 Å². The van der Waals surface area contributed by atoms with Gasteiger partial charge in [0.25, 0.3) is 0 Å². The van der Waals surface area contributed by atoms with Crippen molar-refractivity contribution in [1.29, 1.82) is 0 Å². The summed E-state index contributed by atoms with van der Waals surface area (Å²) in [6.45, 7) is 2.56. The first-order valence-electron chi connectivity index (χ1n) is 7.87. The molecule has 3 N–H and O–H groups in total. The molecular formula is C19H25NO3. The van der Waals surface area contributed by atoms with Crippen LogP contribution in [0.3, 0.4) is 0 Å². The monoisotopic (exact) mass is 315 g/mol. The highest BCUT2D eigenvalue weighted by atomic mass is 16.5. The molecule has 0 aromatic heterocycles. The summed E-state index contributed by atoms with van der Waals surface area (Å²) in [4.78, 5) is 0. The van der Waals surface area contributed by atoms with Gasteiger partial charge in [0.05, 0.1) is 25.4 Å². The number of hydrogen-bond acceptors (Lipinski definition) is 4. The third-order valence-corrected chi connectivity index (χ3v) is 3.84. The van der Waals surface area contributed by atoms with Gasteiger partial charge in [-0.15, -0.1) is 0 Å². The topological polar surface area (TPSA) is 61.7 Å². The van der Waals surface area contributed by atoms with Crippen molar-refractivity contribution >= 4 is 0 Å². The van der Waals surface area contributed by atoms with Crippen molar-refractivity contribution in [2.45, 2.75) is 18.6 Å². The van der Waals surface area contributed by atoms with Crippen LogP contribution in [0.4, 0.5) is 0 Å². The van der Waals surface area contributed by atoms with Gasteiger partial charge in [-0.2, -0.15) is 0 Å². The number of aliphatic hydroxyl groups excluding tert-OH is 2. The summed E-state index contributed by atoms with van der Waals surface area (Å²) >= 11 is 0. The fraction of sp³-hybridized carbons (Fsp3) is 0.368. The molecule has 2 rings (SSSR count). The van der Waals surface area contributed by atoms with E-state index in [1.807, 2.05) is 36.4 Å². The molecular weight excluding hydrogens is 290 g/mol. The largest absolute Gasteiger partial charge is 0.394 e. The third kappa shape index (κ3) is 5.15. The fourth-order valence-corrected chi connectivity index (χ4v) is 2.33. The first-order valence-corrected chi connectivity index (χ1v) is 7.87. The zero-order chi connectivity index (χ0) is 16.5. The van der Waals surface area contributed by atoms with E-state index in [1.165, 1.54) is 0 Å². The van der Waals surface area contributed by atoms with Crippen molar-refractivity contribution in [2.75, 3.05) is 26.4 Å². The molecule has 124 valence electrons. The molecule has 0 spiro atoms. The van der Waals surface area contributed by atoms with Gasteiger partial charge in [-0.3, -0.25) is 0 Å². The Morgan fingerprint density at radius 1 is 0.913 bits per heavy atom. The number of aliphatic hydroxyl groups is 2. The SMILES string of the molecule is CC(CO)(CO)NCCOC(c1ccccc1)c1ccccc1. The highest BCUT2D eigenvalue weighted by molar-refractivity contribution is 5.29. The standard InChI is InChI=1S/C19H25NO3/c1-19(14-21,15-22)20-12-13-23-18(16-8-4-2-5-9-16)17-10-6-3-7-11-17/h2-11,18,20-22H,12-15H2,1H3. The van der Waals surface area contributed by atoms with Gasteiger partial charge in [0.15, 0.2) is 0 Å². The molecule has 2 aromatic carbocycles. The molecule has 4 heteroatoms. The maximum atomic E-state index is 9.29. The average molecular weight is 315 g/mol. The molecule has 0 aliphatic rings. The second-order valence-corrected chi connectivity index (χ2v) is 5.88. The molecule has 0 bridgehead atoms. The van der Waals surface area contributed by atoms with Gasteiger partial charge in [0.2, 0.25) is 0 Å². The molecule has 0 saturated heterocycles. The summed E-state index contributed by atoms with van der Waals surface area (Å²) in [7, 11) is 0. The molecule has 23 heavy (non-hydrogen) atoms. The lowest BCUT2D eigenvalue weighted by Gasteiger charge is -2.27. The Hall–Kier alpha value is -1.72. The number of nitrogens with one attached hydrogen (secondary N) is 1. The molecule has 0 radical (unpaired) electrons. The van der Waals surface area contributed by atoms with Gasteiger partial charge in [-0.05, 0) is 18.1 Å². The second-order valence-electron chi connectivity index (χ2n) is 5.88. The summed E-state index contributed by atoms with van der Waals surface area (Å²) < 4.78 is 6.07. The lowest BCUT2D eigenvalue weighted by molar-refractivity contribution is 0.0610. The lowest BCUT2D eigenvalue weighted by Crippen LogP contribution is -2.50. The Labute approximate surface area is 137 Å². The van der Waals surface area contributed by atoms with Crippen molar-refractivity contribution in [3.8, 4) is 0 Å². The maximum absolute atomic E-state index is 9.29. The molecule has 0 unspecified atom stereocenters. The van der Waals surface area contributed by atoms with Crippen LogP contribution in [0.25, 0.3) is 0 Å². The molecule has 0 heterocycles. The Balaban J connectivity index is 2.00. The molecule has 0 aliphatic carbocycles. The fourth-order valence-electron chi connectivity index (χ4n) is 2.33. The van der Waals surface area contributed by atoms with Gasteiger partial charge in [-0.25, -0.2) is 0 Å². The van der Waals surface area contributed by atoms with E-state index >= 15 is 0 Å². The van der Waals surface area contributed by atoms with Crippen LogP contribution in [-0.2, 0) is 4.74 Å². The van der Waals surface area contributed by atoms with Crippen LogP contribution in [0, 0.1) is 0 Å². The molecule has 0 amide bonds. The number of rotatable bonds is 9. The molecule has 0 atom stereocenters. The zero-order valence-corrected chi connectivity index (χ0v) is 13.5. The Morgan fingerprint density at radius 3 is 1.83 bits per heavy atom. The predicted octanol–water partition coefficient (Wildman–Crippen LogP) is 2.13. The van der Waals surface area contributed by atoms with Crippen molar-refractivity contribution in [3.05, 3.63) is 71.8 Å². The lowest BCUT2D eigenvalue weighted by atomic mass is 10.0. The Morgan fingerprint density at radius 2 is 1.39 bits per heavy atom. The molecule has 0 saturated carbocycles. The van der Waals surface area contributed by atoms with Crippen LogP contribution < -0.4 is 5.32 Å². The summed E-state index contributed by atoms with van der Waals surface area (Å²) in [5, 5.41) is 21.7. The van der Waals surface area contributed by atoms with Gasteiger partial charge >= 0.3 is 0 Å². The van der Waals surface area contributed by atoms with Crippen LogP contribution in [0.2, 0.25) is 0 Å². The summed E-state index contributed by atoms with van der Waals surface area (Å²) in [5.74, 6) is 0. The van der Waals surface area contributed by atoms with E-state index in [0.717, 1.165) is 11.1 Å². The minimum atomic E-state index is -0.682. The van der Waals surface area contributed by atoms with Crippen LogP contribution in [0.5, 0.6) is 0 Å². The smallest absolute Gasteiger partial charge is 0.108 e. The van der Waals surface area contributed by atoms with Crippen LogP contribution in [0.1, 0.15) is 24.2 Å². The van der Waals surface area contributed by atoms with Crippen LogP contribution >= 0.6 is 0 Å². The van der Waals surface area contributed by atoms with E-state index in [-0.39, 0.29) is 19.3 Å². The predicted molar refractivity (Wildman–Crippen MR) is 91.3 cm³/mol. The van der Waals surface area contributed by atoms with Crippen molar-refractivity contribution < 1.29 is 14.9 Å². The number of hydrogen-bond donors (Lipinski definition) is 3. The zero-order valence-electron chi connectivity index (χ0n) is 13.5. The summed E-state index contributed by atoms with van der Waals surface area (Å²) in [6, 6.07) is 20.2. The maximum Gasteiger partial charge on any atom is 0.108 e. The van der Waals surface area contributed by atoms with Gasteiger partial charge in [0.1, 0.15) is 6.10 Å². The third-order valence-electron chi connectivity index (χ3n) is 3.84. The van der Waals surface area contributed by atoms with E-state index in [4.69, 9.17) is 4.74 Å². The van der Waals surface area contributed by atoms with Gasteiger partial charge < -0.3 is 20.3 Å². The normalized spacial score (nSPS) is 11.8. The van der Waals surface area contributed by atoms with Crippen molar-refractivity contribution in [2.24, 2.45) is 0 Å². The van der Waals surface area contributed by atoms with E-state index < -0.39 is 5.54 Å². The van der Waals surface area contributed by atoms with E-state index in [9.17, 15) is 10.2 Å².